The summed E-state index contributed by atoms with van der Waals surface area (Å²) in [5, 5.41) is 3.72. The number of methoxy groups -OCH3 is 1. The van der Waals surface area contributed by atoms with Crippen LogP contribution < -0.4 is 14.8 Å². The van der Waals surface area contributed by atoms with Gasteiger partial charge in [-0.3, -0.25) is 0 Å². The Kier molecular flexibility index (Phi) is 7.53. The summed E-state index contributed by atoms with van der Waals surface area (Å²) in [6.07, 6.45) is 9.50. The summed E-state index contributed by atoms with van der Waals surface area (Å²) in [6, 6.07) is 4.86. The minimum atomic E-state index is 0.641. The molecule has 1 aliphatic carbocycles. The average molecular weight is 370 g/mol. The molecule has 0 atom stereocenters. The van der Waals surface area contributed by atoms with Crippen molar-refractivity contribution in [2.24, 2.45) is 0 Å². The predicted molar refractivity (Wildman–Crippen MR) is 94.8 cm³/mol. The Morgan fingerprint density at radius 3 is 2.45 bits per heavy atom. The van der Waals surface area contributed by atoms with Crippen LogP contribution in [0.3, 0.4) is 0 Å². The highest BCUT2D eigenvalue weighted by atomic mass is 79.9. The van der Waals surface area contributed by atoms with E-state index in [0.717, 1.165) is 22.5 Å². The lowest BCUT2D eigenvalue weighted by Gasteiger charge is -2.21. The van der Waals surface area contributed by atoms with Gasteiger partial charge in [0, 0.05) is 12.6 Å². The summed E-state index contributed by atoms with van der Waals surface area (Å²) in [6.45, 7) is 3.52. The average Bonchev–Trinajstić information content (AvgIpc) is 2.46. The minimum absolute atomic E-state index is 0.641. The number of halogens is 1. The number of hydrogen-bond donors (Lipinski definition) is 1. The topological polar surface area (TPSA) is 30.5 Å². The molecule has 4 heteroatoms. The van der Waals surface area contributed by atoms with E-state index in [1.807, 2.05) is 6.92 Å². The molecular weight excluding hydrogens is 342 g/mol. The molecule has 1 N–H and O–H groups in total. The molecule has 0 saturated heterocycles. The Bertz CT molecular complexity index is 457. The molecule has 0 radical (unpaired) electrons. The van der Waals surface area contributed by atoms with E-state index in [1.165, 1.54) is 50.5 Å². The van der Waals surface area contributed by atoms with Gasteiger partial charge in [-0.2, -0.15) is 0 Å². The lowest BCUT2D eigenvalue weighted by atomic mass is 9.96. The first-order chi connectivity index (χ1) is 10.7. The Balaban J connectivity index is 1.99. The van der Waals surface area contributed by atoms with Gasteiger partial charge in [0.2, 0.25) is 0 Å². The summed E-state index contributed by atoms with van der Waals surface area (Å²) in [7, 11) is 1.68. The number of rotatable bonds is 6. The highest BCUT2D eigenvalue weighted by Gasteiger charge is 2.14. The van der Waals surface area contributed by atoms with Gasteiger partial charge in [0.1, 0.15) is 0 Å². The Labute approximate surface area is 142 Å². The molecule has 0 aliphatic heterocycles. The van der Waals surface area contributed by atoms with Gasteiger partial charge in [-0.25, -0.2) is 0 Å². The summed E-state index contributed by atoms with van der Waals surface area (Å²) in [4.78, 5) is 0. The van der Waals surface area contributed by atoms with Crippen molar-refractivity contribution in [2.45, 2.75) is 64.5 Å². The predicted octanol–water partition coefficient (Wildman–Crippen LogP) is 5.06. The Morgan fingerprint density at radius 2 is 1.82 bits per heavy atom. The van der Waals surface area contributed by atoms with Crippen LogP contribution in [0, 0.1) is 0 Å². The zero-order chi connectivity index (χ0) is 15.8. The molecule has 3 nitrogen and oxygen atoms in total. The molecule has 0 aromatic heterocycles. The van der Waals surface area contributed by atoms with Crippen LogP contribution in [0.2, 0.25) is 0 Å². The van der Waals surface area contributed by atoms with Crippen LogP contribution in [-0.2, 0) is 6.54 Å². The van der Waals surface area contributed by atoms with Crippen molar-refractivity contribution in [1.82, 2.24) is 5.32 Å². The van der Waals surface area contributed by atoms with Gasteiger partial charge in [0.05, 0.1) is 18.2 Å². The molecule has 1 saturated carbocycles. The third-order valence-corrected chi connectivity index (χ3v) is 4.86. The third kappa shape index (κ3) is 5.17. The normalized spacial score (nSPS) is 16.9. The second-order valence-corrected chi connectivity index (χ2v) is 6.82. The number of hydrogen-bond acceptors (Lipinski definition) is 3. The first-order valence-corrected chi connectivity index (χ1v) is 9.26. The third-order valence-electron chi connectivity index (χ3n) is 4.27. The molecule has 0 bridgehead atoms. The smallest absolute Gasteiger partial charge is 0.174 e. The van der Waals surface area contributed by atoms with E-state index in [1.54, 1.807) is 7.11 Å². The molecule has 1 aromatic rings. The lowest BCUT2D eigenvalue weighted by Crippen LogP contribution is -2.29. The molecule has 2 rings (SSSR count). The van der Waals surface area contributed by atoms with Crippen LogP contribution in [0.15, 0.2) is 16.6 Å². The van der Waals surface area contributed by atoms with E-state index in [0.29, 0.717) is 12.6 Å². The van der Waals surface area contributed by atoms with E-state index in [4.69, 9.17) is 9.47 Å². The molecule has 1 fully saturated rings. The first kappa shape index (κ1) is 17.6. The standard InChI is InChI=1S/C18H28BrNO2/c1-3-22-17-12-14(11-16(19)18(17)21-2)13-20-15-9-7-5-4-6-8-10-15/h11-12,15,20H,3-10,13H2,1-2H3. The van der Waals surface area contributed by atoms with E-state index in [-0.39, 0.29) is 0 Å². The molecular formula is C18H28BrNO2. The van der Waals surface area contributed by atoms with Crippen molar-refractivity contribution >= 4 is 15.9 Å². The van der Waals surface area contributed by atoms with E-state index < -0.39 is 0 Å². The first-order valence-electron chi connectivity index (χ1n) is 8.47. The zero-order valence-corrected chi connectivity index (χ0v) is 15.4. The van der Waals surface area contributed by atoms with Crippen LogP contribution in [0.1, 0.15) is 57.4 Å². The quantitative estimate of drug-likeness (QED) is 0.759. The molecule has 1 aromatic carbocycles. The number of nitrogens with one attached hydrogen (secondary N) is 1. The summed E-state index contributed by atoms with van der Waals surface area (Å²) >= 11 is 3.58. The molecule has 0 amide bonds. The number of benzene rings is 1. The van der Waals surface area contributed by atoms with Gasteiger partial charge in [0.25, 0.3) is 0 Å². The largest absolute Gasteiger partial charge is 0.492 e. The van der Waals surface area contributed by atoms with Crippen molar-refractivity contribution in [1.29, 1.82) is 0 Å². The summed E-state index contributed by atoms with van der Waals surface area (Å²) in [5.41, 5.74) is 1.23. The lowest BCUT2D eigenvalue weighted by molar-refractivity contribution is 0.309. The van der Waals surface area contributed by atoms with Crippen molar-refractivity contribution in [3.63, 3.8) is 0 Å². The van der Waals surface area contributed by atoms with Crippen LogP contribution in [0.4, 0.5) is 0 Å². The van der Waals surface area contributed by atoms with Gasteiger partial charge < -0.3 is 14.8 Å². The molecule has 1 aliphatic rings. The van der Waals surface area contributed by atoms with Gasteiger partial charge >= 0.3 is 0 Å². The second kappa shape index (κ2) is 9.41. The van der Waals surface area contributed by atoms with E-state index in [2.05, 4.69) is 33.4 Å². The molecule has 22 heavy (non-hydrogen) atoms. The van der Waals surface area contributed by atoms with Crippen molar-refractivity contribution in [2.75, 3.05) is 13.7 Å². The second-order valence-electron chi connectivity index (χ2n) is 5.96. The van der Waals surface area contributed by atoms with Crippen molar-refractivity contribution in [3.8, 4) is 11.5 Å². The summed E-state index contributed by atoms with van der Waals surface area (Å²) in [5.74, 6) is 1.59. The maximum Gasteiger partial charge on any atom is 0.174 e. The summed E-state index contributed by atoms with van der Waals surface area (Å²) < 4.78 is 12.1. The zero-order valence-electron chi connectivity index (χ0n) is 13.8. The van der Waals surface area contributed by atoms with Crippen LogP contribution in [-0.4, -0.2) is 19.8 Å². The Hall–Kier alpha value is -0.740. The monoisotopic (exact) mass is 369 g/mol. The fourth-order valence-electron chi connectivity index (χ4n) is 3.11. The van der Waals surface area contributed by atoms with Crippen LogP contribution >= 0.6 is 15.9 Å². The van der Waals surface area contributed by atoms with E-state index in [9.17, 15) is 0 Å². The van der Waals surface area contributed by atoms with Gasteiger partial charge in [-0.05, 0) is 53.4 Å². The molecule has 0 unspecified atom stereocenters. The van der Waals surface area contributed by atoms with Crippen LogP contribution in [0.25, 0.3) is 0 Å². The maximum atomic E-state index is 5.69. The Morgan fingerprint density at radius 1 is 1.14 bits per heavy atom. The highest BCUT2D eigenvalue weighted by molar-refractivity contribution is 9.10. The highest BCUT2D eigenvalue weighted by Crippen LogP contribution is 2.36. The maximum absolute atomic E-state index is 5.69. The van der Waals surface area contributed by atoms with Gasteiger partial charge in [0.15, 0.2) is 11.5 Å². The minimum Gasteiger partial charge on any atom is -0.492 e. The van der Waals surface area contributed by atoms with Crippen molar-refractivity contribution in [3.05, 3.63) is 22.2 Å². The fourth-order valence-corrected chi connectivity index (χ4v) is 3.76. The SMILES string of the molecule is CCOc1cc(CNC2CCCCCCC2)cc(Br)c1OC. The van der Waals surface area contributed by atoms with E-state index >= 15 is 0 Å². The molecule has 0 spiro atoms. The van der Waals surface area contributed by atoms with Gasteiger partial charge in [-0.15, -0.1) is 0 Å². The van der Waals surface area contributed by atoms with Crippen LogP contribution in [0.5, 0.6) is 11.5 Å². The van der Waals surface area contributed by atoms with Crippen molar-refractivity contribution < 1.29 is 9.47 Å². The fraction of sp³-hybridized carbons (Fsp3) is 0.667. The number of ether oxygens (including phenoxy) is 2. The molecule has 0 heterocycles. The van der Waals surface area contributed by atoms with Gasteiger partial charge in [-0.1, -0.05) is 32.1 Å². The molecule has 124 valence electrons.